The lowest BCUT2D eigenvalue weighted by atomic mass is 10.3. The molecule has 1 amide bonds. The Morgan fingerprint density at radius 1 is 1.43 bits per heavy atom. The Labute approximate surface area is 139 Å². The minimum atomic E-state index is -0.00456. The molecule has 0 N–H and O–H groups in total. The number of aromatic nitrogens is 2. The van der Waals surface area contributed by atoms with Crippen LogP contribution in [0, 0.1) is 6.92 Å². The molecule has 2 aromatic heterocycles. The first-order valence-electron chi connectivity index (χ1n) is 7.54. The lowest BCUT2D eigenvalue weighted by Gasteiger charge is -2.20. The number of anilines is 1. The molecule has 6 nitrogen and oxygen atoms in total. The van der Waals surface area contributed by atoms with Crippen LogP contribution in [0.5, 0.6) is 5.75 Å². The van der Waals surface area contributed by atoms with Crippen molar-refractivity contribution in [2.24, 2.45) is 0 Å². The molecule has 0 radical (unpaired) electrons. The highest BCUT2D eigenvalue weighted by Crippen LogP contribution is 2.27. The van der Waals surface area contributed by atoms with Gasteiger partial charge in [0, 0.05) is 33.3 Å². The second kappa shape index (κ2) is 6.54. The molecule has 0 bridgehead atoms. The standard InChI is InChI=1S/C16H20N4O2S/c1-11-14(23-10-18-11)16(21)20-8-6-12(9-20)22-13-5-4-7-17-15(13)19(2)3/h4-5,7,10,12H,6,8-9H2,1-3H3. The van der Waals surface area contributed by atoms with Crippen molar-refractivity contribution in [2.45, 2.75) is 19.4 Å². The van der Waals surface area contributed by atoms with Gasteiger partial charge >= 0.3 is 0 Å². The molecule has 1 atom stereocenters. The van der Waals surface area contributed by atoms with Crippen LogP contribution in [-0.4, -0.2) is 54.1 Å². The molecule has 122 valence electrons. The Bertz CT molecular complexity index is 701. The highest BCUT2D eigenvalue weighted by Gasteiger charge is 2.30. The summed E-state index contributed by atoms with van der Waals surface area (Å²) in [5, 5.41) is 0. The smallest absolute Gasteiger partial charge is 0.265 e. The van der Waals surface area contributed by atoms with Crippen LogP contribution in [0.3, 0.4) is 0 Å². The Kier molecular flexibility index (Phi) is 4.47. The van der Waals surface area contributed by atoms with Gasteiger partial charge in [0.05, 0.1) is 17.7 Å². The predicted octanol–water partition coefficient (Wildman–Crippen LogP) is 2.21. The van der Waals surface area contributed by atoms with Crippen molar-refractivity contribution >= 4 is 23.1 Å². The molecule has 23 heavy (non-hydrogen) atoms. The largest absolute Gasteiger partial charge is 0.485 e. The van der Waals surface area contributed by atoms with Crippen molar-refractivity contribution in [3.05, 3.63) is 34.4 Å². The van der Waals surface area contributed by atoms with Gasteiger partial charge in [0.15, 0.2) is 11.6 Å². The van der Waals surface area contributed by atoms with E-state index < -0.39 is 0 Å². The van der Waals surface area contributed by atoms with E-state index in [0.717, 1.165) is 28.6 Å². The Balaban J connectivity index is 1.67. The maximum Gasteiger partial charge on any atom is 0.265 e. The summed E-state index contributed by atoms with van der Waals surface area (Å²) in [6, 6.07) is 3.78. The highest BCUT2D eigenvalue weighted by molar-refractivity contribution is 7.11. The van der Waals surface area contributed by atoms with Gasteiger partial charge in [-0.3, -0.25) is 4.79 Å². The number of aryl methyl sites for hydroxylation is 1. The SMILES string of the molecule is Cc1ncsc1C(=O)N1CCC(Oc2cccnc2N(C)C)C1. The number of nitrogens with zero attached hydrogens (tertiary/aromatic N) is 4. The van der Waals surface area contributed by atoms with E-state index in [0.29, 0.717) is 13.1 Å². The average Bonchev–Trinajstić information content (AvgIpc) is 3.16. The van der Waals surface area contributed by atoms with Gasteiger partial charge < -0.3 is 14.5 Å². The van der Waals surface area contributed by atoms with E-state index in [-0.39, 0.29) is 12.0 Å². The Morgan fingerprint density at radius 3 is 2.96 bits per heavy atom. The molecule has 1 fully saturated rings. The summed E-state index contributed by atoms with van der Waals surface area (Å²) < 4.78 is 6.09. The lowest BCUT2D eigenvalue weighted by Crippen LogP contribution is -2.31. The first-order valence-corrected chi connectivity index (χ1v) is 8.42. The van der Waals surface area contributed by atoms with Crippen LogP contribution < -0.4 is 9.64 Å². The van der Waals surface area contributed by atoms with E-state index in [2.05, 4.69) is 9.97 Å². The van der Waals surface area contributed by atoms with E-state index in [9.17, 15) is 4.79 Å². The van der Waals surface area contributed by atoms with Gasteiger partial charge in [-0.15, -0.1) is 11.3 Å². The van der Waals surface area contributed by atoms with Gasteiger partial charge in [-0.25, -0.2) is 9.97 Å². The zero-order valence-corrected chi connectivity index (χ0v) is 14.3. The van der Waals surface area contributed by atoms with E-state index >= 15 is 0 Å². The molecule has 7 heteroatoms. The van der Waals surface area contributed by atoms with Gasteiger partial charge in [-0.2, -0.15) is 0 Å². The van der Waals surface area contributed by atoms with Crippen LogP contribution >= 0.6 is 11.3 Å². The van der Waals surface area contributed by atoms with Crippen molar-refractivity contribution in [1.82, 2.24) is 14.9 Å². The molecule has 0 saturated carbocycles. The van der Waals surface area contributed by atoms with Crippen LogP contribution in [0.4, 0.5) is 5.82 Å². The summed E-state index contributed by atoms with van der Waals surface area (Å²) >= 11 is 1.40. The number of rotatable bonds is 4. The number of hydrogen-bond acceptors (Lipinski definition) is 6. The maximum atomic E-state index is 12.5. The summed E-state index contributed by atoms with van der Waals surface area (Å²) in [6.07, 6.45) is 2.57. The lowest BCUT2D eigenvalue weighted by molar-refractivity contribution is 0.0776. The third kappa shape index (κ3) is 3.29. The molecule has 0 aliphatic carbocycles. The van der Waals surface area contributed by atoms with Gasteiger partial charge in [0.25, 0.3) is 5.91 Å². The fourth-order valence-electron chi connectivity index (χ4n) is 2.65. The van der Waals surface area contributed by atoms with Crippen molar-refractivity contribution in [2.75, 3.05) is 32.1 Å². The number of thiazole rings is 1. The van der Waals surface area contributed by atoms with Gasteiger partial charge in [0.1, 0.15) is 11.0 Å². The number of ether oxygens (including phenoxy) is 1. The number of carbonyl (C=O) groups is 1. The molecule has 1 saturated heterocycles. The van der Waals surface area contributed by atoms with Crippen LogP contribution in [0.1, 0.15) is 21.8 Å². The van der Waals surface area contributed by atoms with Crippen LogP contribution in [0.2, 0.25) is 0 Å². The Morgan fingerprint density at radius 2 is 2.26 bits per heavy atom. The topological polar surface area (TPSA) is 58.6 Å². The molecular weight excluding hydrogens is 312 g/mol. The van der Waals surface area contributed by atoms with Crippen LogP contribution in [0.25, 0.3) is 0 Å². The first kappa shape index (κ1) is 15.7. The quantitative estimate of drug-likeness (QED) is 0.859. The molecule has 1 aliphatic rings. The Hall–Kier alpha value is -2.15. The molecule has 3 rings (SSSR count). The maximum absolute atomic E-state index is 12.5. The highest BCUT2D eigenvalue weighted by atomic mass is 32.1. The summed E-state index contributed by atoms with van der Waals surface area (Å²) in [6.45, 7) is 3.17. The number of likely N-dealkylation sites (tertiary alicyclic amines) is 1. The van der Waals surface area contributed by atoms with Crippen LogP contribution in [-0.2, 0) is 0 Å². The van der Waals surface area contributed by atoms with E-state index in [4.69, 9.17) is 4.74 Å². The van der Waals surface area contributed by atoms with E-state index in [1.807, 2.05) is 43.0 Å². The second-order valence-corrected chi connectivity index (χ2v) is 6.62. The fourth-order valence-corrected chi connectivity index (χ4v) is 3.42. The molecule has 2 aromatic rings. The predicted molar refractivity (Wildman–Crippen MR) is 90.4 cm³/mol. The molecular formula is C16H20N4O2S. The monoisotopic (exact) mass is 332 g/mol. The molecule has 3 heterocycles. The van der Waals surface area contributed by atoms with E-state index in [1.165, 1.54) is 11.3 Å². The minimum Gasteiger partial charge on any atom is -0.485 e. The summed E-state index contributed by atoms with van der Waals surface area (Å²) in [4.78, 5) is 25.5. The van der Waals surface area contributed by atoms with Crippen LogP contribution in [0.15, 0.2) is 23.8 Å². The zero-order chi connectivity index (χ0) is 16.4. The van der Waals surface area contributed by atoms with Gasteiger partial charge in [-0.1, -0.05) is 0 Å². The van der Waals surface area contributed by atoms with Crippen molar-refractivity contribution in [3.63, 3.8) is 0 Å². The molecule has 1 unspecified atom stereocenters. The fraction of sp³-hybridized carbons (Fsp3) is 0.438. The second-order valence-electron chi connectivity index (χ2n) is 5.77. The number of amides is 1. The molecule has 1 aliphatic heterocycles. The summed E-state index contributed by atoms with van der Waals surface area (Å²) in [5.41, 5.74) is 2.51. The number of hydrogen-bond donors (Lipinski definition) is 0. The van der Waals surface area contributed by atoms with E-state index in [1.54, 1.807) is 11.7 Å². The van der Waals surface area contributed by atoms with Crippen molar-refractivity contribution in [3.8, 4) is 5.75 Å². The third-order valence-electron chi connectivity index (χ3n) is 3.84. The minimum absolute atomic E-state index is 0.00456. The van der Waals surface area contributed by atoms with Gasteiger partial charge in [-0.05, 0) is 19.1 Å². The summed E-state index contributed by atoms with van der Waals surface area (Å²) in [7, 11) is 3.87. The number of pyridine rings is 1. The molecule has 0 aromatic carbocycles. The average molecular weight is 332 g/mol. The summed E-state index contributed by atoms with van der Waals surface area (Å²) in [5.74, 6) is 1.61. The molecule has 0 spiro atoms. The van der Waals surface area contributed by atoms with Crippen molar-refractivity contribution < 1.29 is 9.53 Å². The van der Waals surface area contributed by atoms with Gasteiger partial charge in [0.2, 0.25) is 0 Å². The third-order valence-corrected chi connectivity index (χ3v) is 4.76. The zero-order valence-electron chi connectivity index (χ0n) is 13.5. The normalized spacial score (nSPS) is 17.3. The number of carbonyl (C=O) groups excluding carboxylic acids is 1. The van der Waals surface area contributed by atoms with Crippen molar-refractivity contribution in [1.29, 1.82) is 0 Å². The first-order chi connectivity index (χ1) is 11.1.